The van der Waals surface area contributed by atoms with Gasteiger partial charge in [-0.2, -0.15) is 0 Å². The Bertz CT molecular complexity index is 352. The summed E-state index contributed by atoms with van der Waals surface area (Å²) in [6.45, 7) is 8.05. The third-order valence-electron chi connectivity index (χ3n) is 2.84. The minimum absolute atomic E-state index is 0.0141. The van der Waals surface area contributed by atoms with Crippen molar-refractivity contribution in [2.45, 2.75) is 39.7 Å². The summed E-state index contributed by atoms with van der Waals surface area (Å²) in [5, 5.41) is 0. The smallest absolute Gasteiger partial charge is 0.156 e. The molecule has 0 saturated carbocycles. The van der Waals surface area contributed by atoms with Gasteiger partial charge >= 0.3 is 0 Å². The van der Waals surface area contributed by atoms with Crippen LogP contribution < -0.4 is 5.73 Å². The fourth-order valence-electron chi connectivity index (χ4n) is 1.61. The predicted octanol–water partition coefficient (Wildman–Crippen LogP) is 3.03. The monoisotopic (exact) mass is 219 g/mol. The lowest BCUT2D eigenvalue weighted by atomic mass is 9.94. The molecule has 1 unspecified atom stereocenters. The molecule has 1 aromatic rings. The average Bonchev–Trinajstić information content (AvgIpc) is 2.27. The Labute approximate surface area is 97.9 Å². The van der Waals surface area contributed by atoms with E-state index in [0.717, 1.165) is 5.56 Å². The quantitative estimate of drug-likeness (QED) is 0.845. The third kappa shape index (κ3) is 2.92. The first-order valence-electron chi connectivity index (χ1n) is 5.82. The van der Waals surface area contributed by atoms with E-state index in [4.69, 9.17) is 5.73 Å². The van der Waals surface area contributed by atoms with Gasteiger partial charge in [-0.05, 0) is 17.0 Å². The lowest BCUT2D eigenvalue weighted by molar-refractivity contribution is -0.123. The van der Waals surface area contributed by atoms with Crippen LogP contribution in [0.15, 0.2) is 24.3 Å². The van der Waals surface area contributed by atoms with Crippen molar-refractivity contribution in [1.82, 2.24) is 0 Å². The van der Waals surface area contributed by atoms with Gasteiger partial charge in [0.05, 0.1) is 6.04 Å². The molecular formula is C14H21NO. The number of hydrogen-bond donors (Lipinski definition) is 1. The van der Waals surface area contributed by atoms with Crippen LogP contribution in [-0.4, -0.2) is 5.78 Å². The fraction of sp³-hybridized carbons (Fsp3) is 0.500. The minimum Gasteiger partial charge on any atom is -0.318 e. The van der Waals surface area contributed by atoms with E-state index < -0.39 is 6.04 Å². The Balaban J connectivity index is 2.85. The van der Waals surface area contributed by atoms with Crippen LogP contribution in [-0.2, 0) is 4.79 Å². The van der Waals surface area contributed by atoms with Gasteiger partial charge in [0, 0.05) is 5.92 Å². The van der Waals surface area contributed by atoms with Crippen LogP contribution in [0.1, 0.15) is 50.8 Å². The Kier molecular flexibility index (Phi) is 4.25. The van der Waals surface area contributed by atoms with E-state index in [1.165, 1.54) is 5.56 Å². The largest absolute Gasteiger partial charge is 0.318 e. The average molecular weight is 219 g/mol. The molecule has 2 nitrogen and oxygen atoms in total. The second kappa shape index (κ2) is 5.26. The van der Waals surface area contributed by atoms with Gasteiger partial charge in [-0.25, -0.2) is 0 Å². The van der Waals surface area contributed by atoms with E-state index in [9.17, 15) is 4.79 Å². The number of benzene rings is 1. The number of rotatable bonds is 4. The first-order valence-corrected chi connectivity index (χ1v) is 5.82. The zero-order valence-electron chi connectivity index (χ0n) is 10.5. The summed E-state index contributed by atoms with van der Waals surface area (Å²) in [5.41, 5.74) is 8.09. The van der Waals surface area contributed by atoms with Crippen LogP contribution in [0.5, 0.6) is 0 Å². The summed E-state index contributed by atoms with van der Waals surface area (Å²) in [7, 11) is 0. The molecule has 0 spiro atoms. The molecule has 0 radical (unpaired) electrons. The van der Waals surface area contributed by atoms with E-state index in [1.807, 2.05) is 38.1 Å². The highest BCUT2D eigenvalue weighted by Gasteiger charge is 2.18. The second-order valence-electron chi connectivity index (χ2n) is 4.86. The molecule has 0 bridgehead atoms. The summed E-state index contributed by atoms with van der Waals surface area (Å²) in [5.74, 6) is 0.586. The van der Waals surface area contributed by atoms with Crippen LogP contribution in [0.4, 0.5) is 0 Å². The Morgan fingerprint density at radius 2 is 1.44 bits per heavy atom. The molecular weight excluding hydrogens is 198 g/mol. The molecule has 0 saturated heterocycles. The molecule has 2 heteroatoms. The van der Waals surface area contributed by atoms with Gasteiger partial charge in [0.15, 0.2) is 5.78 Å². The van der Waals surface area contributed by atoms with E-state index >= 15 is 0 Å². The van der Waals surface area contributed by atoms with E-state index in [-0.39, 0.29) is 11.7 Å². The second-order valence-corrected chi connectivity index (χ2v) is 4.86. The molecule has 1 atom stereocenters. The normalized spacial score (nSPS) is 13.2. The van der Waals surface area contributed by atoms with Crippen molar-refractivity contribution in [3.05, 3.63) is 35.4 Å². The van der Waals surface area contributed by atoms with Crippen molar-refractivity contribution in [2.24, 2.45) is 11.7 Å². The van der Waals surface area contributed by atoms with E-state index in [0.29, 0.717) is 5.92 Å². The van der Waals surface area contributed by atoms with Gasteiger partial charge in [0.1, 0.15) is 0 Å². The van der Waals surface area contributed by atoms with Gasteiger partial charge in [-0.15, -0.1) is 0 Å². The van der Waals surface area contributed by atoms with E-state index in [1.54, 1.807) is 0 Å². The molecule has 88 valence electrons. The molecule has 0 fully saturated rings. The van der Waals surface area contributed by atoms with Crippen molar-refractivity contribution in [3.63, 3.8) is 0 Å². The molecule has 0 aliphatic heterocycles. The molecule has 2 N–H and O–H groups in total. The number of Topliss-reactive ketones (excluding diaryl/α,β-unsaturated/α-hetero) is 1. The summed E-state index contributed by atoms with van der Waals surface area (Å²) in [4.78, 5) is 11.7. The summed E-state index contributed by atoms with van der Waals surface area (Å²) in [6, 6.07) is 7.53. The molecule has 0 aliphatic carbocycles. The molecule has 0 heterocycles. The van der Waals surface area contributed by atoms with Crippen molar-refractivity contribution in [2.75, 3.05) is 0 Å². The summed E-state index contributed by atoms with van der Waals surface area (Å²) < 4.78 is 0. The van der Waals surface area contributed by atoms with Crippen LogP contribution in [0.3, 0.4) is 0 Å². The number of nitrogens with two attached hydrogens (primary N) is 1. The van der Waals surface area contributed by atoms with Crippen LogP contribution >= 0.6 is 0 Å². The maximum Gasteiger partial charge on any atom is 0.156 e. The standard InChI is InChI=1S/C14H21NO/c1-9(2)11-5-7-12(8-6-11)13(15)14(16)10(3)4/h5-10,13H,15H2,1-4H3. The lowest BCUT2D eigenvalue weighted by Gasteiger charge is -2.14. The van der Waals surface area contributed by atoms with Crippen molar-refractivity contribution < 1.29 is 4.79 Å². The zero-order chi connectivity index (χ0) is 12.3. The van der Waals surface area contributed by atoms with Crippen molar-refractivity contribution >= 4 is 5.78 Å². The molecule has 0 aromatic heterocycles. The minimum atomic E-state index is -0.485. The number of ketones is 1. The maximum atomic E-state index is 11.7. The van der Waals surface area contributed by atoms with Crippen molar-refractivity contribution in [1.29, 1.82) is 0 Å². The molecule has 0 amide bonds. The third-order valence-corrected chi connectivity index (χ3v) is 2.84. The van der Waals surface area contributed by atoms with Crippen LogP contribution in [0, 0.1) is 5.92 Å². The van der Waals surface area contributed by atoms with Crippen LogP contribution in [0.2, 0.25) is 0 Å². The fourth-order valence-corrected chi connectivity index (χ4v) is 1.61. The lowest BCUT2D eigenvalue weighted by Crippen LogP contribution is -2.25. The van der Waals surface area contributed by atoms with E-state index in [2.05, 4.69) is 13.8 Å². The molecule has 0 aliphatic rings. The first kappa shape index (κ1) is 12.9. The number of carbonyl (C=O) groups is 1. The van der Waals surface area contributed by atoms with Gasteiger partial charge in [0.2, 0.25) is 0 Å². The Morgan fingerprint density at radius 3 is 1.81 bits per heavy atom. The Hall–Kier alpha value is -1.15. The Morgan fingerprint density at radius 1 is 1.00 bits per heavy atom. The highest BCUT2D eigenvalue weighted by atomic mass is 16.1. The molecule has 16 heavy (non-hydrogen) atoms. The number of hydrogen-bond acceptors (Lipinski definition) is 2. The SMILES string of the molecule is CC(C)C(=O)C(N)c1ccc(C(C)C)cc1. The maximum absolute atomic E-state index is 11.7. The topological polar surface area (TPSA) is 43.1 Å². The first-order chi connectivity index (χ1) is 7.43. The number of carbonyl (C=O) groups excluding carboxylic acids is 1. The highest BCUT2D eigenvalue weighted by Crippen LogP contribution is 2.19. The molecule has 1 aromatic carbocycles. The van der Waals surface area contributed by atoms with Crippen molar-refractivity contribution in [3.8, 4) is 0 Å². The summed E-state index contributed by atoms with van der Waals surface area (Å²) in [6.07, 6.45) is 0. The van der Waals surface area contributed by atoms with Gasteiger partial charge in [-0.1, -0.05) is 52.0 Å². The highest BCUT2D eigenvalue weighted by molar-refractivity contribution is 5.86. The summed E-state index contributed by atoms with van der Waals surface area (Å²) >= 11 is 0. The van der Waals surface area contributed by atoms with Gasteiger partial charge in [0.25, 0.3) is 0 Å². The van der Waals surface area contributed by atoms with Crippen LogP contribution in [0.25, 0.3) is 0 Å². The zero-order valence-corrected chi connectivity index (χ0v) is 10.5. The van der Waals surface area contributed by atoms with Gasteiger partial charge < -0.3 is 5.73 Å². The predicted molar refractivity (Wildman–Crippen MR) is 67.3 cm³/mol. The molecule has 1 rings (SSSR count). The van der Waals surface area contributed by atoms with Gasteiger partial charge in [-0.3, -0.25) is 4.79 Å².